The number of carbonyl (C=O) groups is 9. The number of H-pyrrole nitrogens is 1. The lowest BCUT2D eigenvalue weighted by atomic mass is 9.47. The van der Waals surface area contributed by atoms with Crippen LogP contribution in [0.25, 0.3) is 10.9 Å². The predicted molar refractivity (Wildman–Crippen MR) is 436 cm³/mol. The molecule has 1 saturated carbocycles. The van der Waals surface area contributed by atoms with Gasteiger partial charge >= 0.3 is 24.0 Å². The summed E-state index contributed by atoms with van der Waals surface area (Å²) >= 11 is 0. The number of para-hydroxylation sites is 1. The number of nitrogens with one attached hydrogen (secondary N) is 5. The molecule has 5 fully saturated rings. The highest BCUT2D eigenvalue weighted by molar-refractivity contribution is 8.76. The van der Waals surface area contributed by atoms with Crippen molar-refractivity contribution in [2.45, 2.75) is 226 Å². The summed E-state index contributed by atoms with van der Waals surface area (Å²) in [6.45, 7) is 10.3. The molecule has 13 rings (SSSR count). The Bertz CT molecular complexity index is 4730. The number of hydrogen-bond acceptors (Lipinski definition) is 32. The lowest BCUT2D eigenvalue weighted by Crippen LogP contribution is -2.82. The van der Waals surface area contributed by atoms with E-state index >= 15 is 4.79 Å². The molecule has 672 valence electrons. The third kappa shape index (κ3) is 18.5. The predicted octanol–water partition coefficient (Wildman–Crippen LogP) is -1.01. The number of anilines is 1. The highest BCUT2D eigenvalue weighted by Gasteiger charge is 2.79. The van der Waals surface area contributed by atoms with Crippen LogP contribution in [-0.4, -0.2) is 330 Å². The number of methoxy groups -OCH3 is 1. The number of amides is 4. The van der Waals surface area contributed by atoms with Crippen LogP contribution in [0.15, 0.2) is 60.9 Å². The van der Waals surface area contributed by atoms with Gasteiger partial charge in [0.2, 0.25) is 11.8 Å². The molecule has 4 saturated heterocycles. The number of hydrazine groups is 1. The Morgan fingerprint density at radius 1 is 0.748 bits per heavy atom. The molecular weight excluding hydrogens is 1650 g/mol. The minimum atomic E-state index is -2.58. The van der Waals surface area contributed by atoms with Crippen molar-refractivity contribution < 1.29 is 128 Å². The van der Waals surface area contributed by atoms with Gasteiger partial charge in [-0.25, -0.2) is 29.2 Å². The summed E-state index contributed by atoms with van der Waals surface area (Å²) in [4.78, 5) is 132. The van der Waals surface area contributed by atoms with Crippen LogP contribution in [-0.2, 0) is 105 Å². The molecule has 4 amide bonds. The number of Topliss-reactive ketones (excluding diaryl/α,β-unsaturated/α-hetero) is 2. The lowest BCUT2D eigenvalue weighted by Gasteiger charge is -2.63. The highest BCUT2D eigenvalue weighted by Crippen LogP contribution is 2.68. The van der Waals surface area contributed by atoms with Crippen LogP contribution in [0.1, 0.15) is 119 Å². The normalized spacial score (nSPS) is 31.1. The van der Waals surface area contributed by atoms with Crippen molar-refractivity contribution in [3.63, 3.8) is 0 Å². The van der Waals surface area contributed by atoms with Gasteiger partial charge in [-0.05, 0) is 94.1 Å². The smallest absolute Gasteiger partial charge is 0.426 e. The number of nitrogens with zero attached hydrogens (tertiary/aromatic N) is 9. The van der Waals surface area contributed by atoms with Crippen molar-refractivity contribution in [3.05, 3.63) is 94.7 Å². The largest absolute Gasteiger partial charge is 0.496 e. The molecule has 16 N–H and O–H groups in total. The average Bonchev–Trinajstić information content (AvgIpc) is 1.48. The molecule has 10 heterocycles. The number of rotatable bonds is 36. The first-order valence-corrected chi connectivity index (χ1v) is 44.0. The molecule has 123 heavy (non-hydrogen) atoms. The number of aliphatic hydroxyl groups is 8. The molecule has 40 nitrogen and oxygen atoms in total. The molecule has 2 bridgehead atoms. The second-order valence-electron chi connectivity index (χ2n) is 33.6. The van der Waals surface area contributed by atoms with Crippen LogP contribution in [0.2, 0.25) is 0 Å². The first kappa shape index (κ1) is 91.9. The summed E-state index contributed by atoms with van der Waals surface area (Å²) < 4.78 is 35.8. The maximum absolute atomic E-state index is 15.3. The Hall–Kier alpha value is -8.83. The number of carboxylic acid groups (broad SMARTS) is 3. The molecule has 7 aliphatic heterocycles. The molecule has 3 aromatic heterocycles. The molecule has 8 aliphatic rings. The van der Waals surface area contributed by atoms with E-state index in [0.717, 1.165) is 94.9 Å². The van der Waals surface area contributed by atoms with Crippen LogP contribution in [0, 0.1) is 23.2 Å². The number of fused-ring (bicyclic) bond motifs is 6. The van der Waals surface area contributed by atoms with Gasteiger partial charge in [0.25, 0.3) is 5.91 Å². The topological polar surface area (TPSA) is 567 Å². The number of carboxylic acids is 3. The minimum Gasteiger partial charge on any atom is -0.496 e. The van der Waals surface area contributed by atoms with Crippen molar-refractivity contribution in [1.29, 1.82) is 0 Å². The van der Waals surface area contributed by atoms with Crippen LogP contribution in [0.4, 0.5) is 10.5 Å². The number of ketones is 2. The Morgan fingerprint density at radius 3 is 2.00 bits per heavy atom. The molecule has 42 heteroatoms. The van der Waals surface area contributed by atoms with Gasteiger partial charge in [0.05, 0.1) is 68.8 Å². The molecule has 1 spiro atoms. The Kier molecular flexibility index (Phi) is 28.8. The first-order chi connectivity index (χ1) is 58.7. The van der Waals surface area contributed by atoms with E-state index in [0.29, 0.717) is 44.0 Å². The summed E-state index contributed by atoms with van der Waals surface area (Å²) in [6, 6.07) is 8.46. The number of piperidine rings is 1. The number of aliphatic hydroxyl groups excluding tert-OH is 7. The second kappa shape index (κ2) is 38.6. The van der Waals surface area contributed by atoms with E-state index in [1.54, 1.807) is 14.0 Å². The lowest BCUT2D eigenvalue weighted by molar-refractivity contribution is -0.294. The van der Waals surface area contributed by atoms with Crippen molar-refractivity contribution in [3.8, 4) is 5.75 Å². The van der Waals surface area contributed by atoms with E-state index in [1.165, 1.54) is 39.6 Å². The van der Waals surface area contributed by atoms with Crippen molar-refractivity contribution in [1.82, 2.24) is 66.3 Å². The van der Waals surface area contributed by atoms with Crippen molar-refractivity contribution in [2.24, 2.45) is 23.2 Å². The van der Waals surface area contributed by atoms with Gasteiger partial charge in [-0.15, -0.1) is 10.2 Å². The summed E-state index contributed by atoms with van der Waals surface area (Å²) in [6.07, 6.45) is -11.5. The van der Waals surface area contributed by atoms with E-state index in [2.05, 4.69) is 88.1 Å². The first-order valence-electron chi connectivity index (χ1n) is 41.5. The SMILES string of the molecule is CCCC(=O)N[C@@H](Cc1cn(CCOC2OC(C(=O)O)C(O)[C@H](O)[C@@H]2O)nn1)C(=O)C[C@@H](C)C(=O)N[C@@H](Cc1cn(CCOC2OC(C(=O)O)C(O)[C@H](O)[C@@H]2O)nn1)C(=O)C[C@@H](CSSCCOC(=O)NNC(=O)[C@@]1(O)[C@H](O)[C@]2(CC)C=CCN3CC[C@@]4(c5cc([C@@]6(C)C[C@H]7CCCN(CCc8c6[nH]c6ccccc86)C7)c(OC)cc5N(C)[C@@H]14)[C@@H]32)C(=O)O. The van der Waals surface area contributed by atoms with E-state index < -0.39 is 192 Å². The van der Waals surface area contributed by atoms with Crippen LogP contribution >= 0.6 is 21.6 Å². The van der Waals surface area contributed by atoms with Crippen LogP contribution in [0.5, 0.6) is 5.75 Å². The Labute approximate surface area is 714 Å². The molecule has 5 aromatic rings. The van der Waals surface area contributed by atoms with Crippen LogP contribution in [0.3, 0.4) is 0 Å². The van der Waals surface area contributed by atoms with Crippen molar-refractivity contribution >= 4 is 91.5 Å². The van der Waals surface area contributed by atoms with Gasteiger partial charge < -0.3 is 110 Å². The highest BCUT2D eigenvalue weighted by atomic mass is 33.1. The summed E-state index contributed by atoms with van der Waals surface area (Å²) in [7, 11) is 5.60. The zero-order valence-electron chi connectivity index (χ0n) is 69.0. The molecule has 2 aromatic carbocycles. The molecule has 1 aliphatic carbocycles. The van der Waals surface area contributed by atoms with Gasteiger partial charge in [0.1, 0.15) is 55.1 Å². The van der Waals surface area contributed by atoms with E-state index in [4.69, 9.17) is 28.4 Å². The zero-order valence-corrected chi connectivity index (χ0v) is 70.7. The molecular formula is C81H110N14O26S2. The standard InChI is InChI=1S/C81H110N14O26S2/c1-7-13-57(98)82-51(32-44-38-94(89-85-44)24-26-117-71-62(103)58(99)60(101)64(120-71)69(108)109)54(96)30-41(3)67(105)84-52(33-45-39-95(90-86-45)25-27-118-72-63(104)59(100)61(102)65(121-72)70(110)111)55(97)31-43(68(106)107)40-123-122-29-28-119-77(114)88-87-76(113)81(115)74-80(19-23-93-21-12-18-79(8-2,73(80)93)75(81)112)48-34-49(56(116-6)35-53(48)91(74)5)78(4)36-42-14-11-20-92(37-42)22-17-47-46-15-9-10-16-50(46)83-66(47)78/h9-10,12,15-16,18,34-35,38-39,41-43,51-52,58-65,71-75,83,99-104,112,115H,7-8,11,13-14,17,19-33,36-37,40H2,1-6H3,(H,82,98)(H,84,105)(H,87,113)(H,88,114)(H,106,107)(H,108,109)(H,110,111)/t41-,42-,43+,51+,52+,58+,59+,60?,61?,62+,63+,64?,65?,71?,72?,73+,74-,75-,78-,79-,80-,81+/m1/s1. The van der Waals surface area contributed by atoms with Crippen molar-refractivity contribution in [2.75, 3.05) is 83.1 Å². The van der Waals surface area contributed by atoms with Gasteiger partial charge in [-0.1, -0.05) is 83.1 Å². The van der Waals surface area contributed by atoms with E-state index in [9.17, 15) is 94.5 Å². The Balaban J connectivity index is 0.650. The fourth-order valence-corrected chi connectivity index (χ4v) is 21.9. The van der Waals surface area contributed by atoms with Crippen LogP contribution < -0.4 is 31.1 Å². The number of benzene rings is 2. The van der Waals surface area contributed by atoms with Gasteiger partial charge in [0.15, 0.2) is 42.0 Å². The maximum atomic E-state index is 15.3. The minimum absolute atomic E-state index is 0.0159. The van der Waals surface area contributed by atoms with E-state index in [-0.39, 0.29) is 74.7 Å². The van der Waals surface area contributed by atoms with E-state index in [1.807, 2.05) is 43.2 Å². The maximum Gasteiger partial charge on any atom is 0.426 e. The molecule has 0 radical (unpaired) electrons. The third-order valence-electron chi connectivity index (χ3n) is 25.8. The summed E-state index contributed by atoms with van der Waals surface area (Å²) in [5, 5.41) is 140. The summed E-state index contributed by atoms with van der Waals surface area (Å²) in [5.74, 6) is -10.3. The monoisotopic (exact) mass is 1760 g/mol. The zero-order chi connectivity index (χ0) is 88.3. The number of aliphatic carboxylic acids is 3. The number of aromatic nitrogens is 7. The number of carbonyl (C=O) groups excluding carboxylic acids is 6. The second-order valence-corrected chi connectivity index (χ2v) is 36.2. The van der Waals surface area contributed by atoms with Gasteiger partial charge in [0, 0.05) is 145 Å². The Morgan fingerprint density at radius 2 is 1.38 bits per heavy atom. The summed E-state index contributed by atoms with van der Waals surface area (Å²) in [5.41, 5.74) is 5.75. The van der Waals surface area contributed by atoms with Gasteiger partial charge in [-0.3, -0.25) is 39.1 Å². The quantitative estimate of drug-likeness (QED) is 0.00989. The number of hydrogen-bond donors (Lipinski definition) is 16. The molecule has 23 atom stereocenters. The number of aromatic amines is 1. The number of likely N-dealkylation sites (N-methyl/N-ethyl adjacent to an activating group) is 1. The fourth-order valence-electron chi connectivity index (χ4n) is 19.8. The third-order valence-corrected chi connectivity index (χ3v) is 28.2. The number of ether oxygens (including phenoxy) is 6. The average molecular weight is 1760 g/mol. The fraction of sp³-hybridized carbons (Fsp3) is 0.642. The van der Waals surface area contributed by atoms with Gasteiger partial charge in [-0.2, -0.15) is 0 Å². The molecule has 7 unspecified atom stereocenters.